The lowest BCUT2D eigenvalue weighted by Gasteiger charge is -2.11. The first-order valence-corrected chi connectivity index (χ1v) is 4.97. The van der Waals surface area contributed by atoms with E-state index in [9.17, 15) is 0 Å². The third-order valence-electron chi connectivity index (χ3n) is 2.46. The van der Waals surface area contributed by atoms with Gasteiger partial charge in [-0.3, -0.25) is 0 Å². The van der Waals surface area contributed by atoms with Gasteiger partial charge in [-0.15, -0.1) is 5.10 Å². The number of hydrogen-bond acceptors (Lipinski definition) is 4. The van der Waals surface area contributed by atoms with Crippen molar-refractivity contribution in [3.05, 3.63) is 41.7 Å². The van der Waals surface area contributed by atoms with Crippen LogP contribution in [0, 0.1) is 11.3 Å². The molecule has 1 aromatic heterocycles. The van der Waals surface area contributed by atoms with Crippen molar-refractivity contribution in [3.63, 3.8) is 0 Å². The van der Waals surface area contributed by atoms with Gasteiger partial charge in [0.25, 0.3) is 0 Å². The molecule has 80 valence electrons. The van der Waals surface area contributed by atoms with E-state index in [4.69, 9.17) is 5.26 Å². The van der Waals surface area contributed by atoms with Crippen molar-refractivity contribution in [1.29, 1.82) is 5.26 Å². The Labute approximate surface area is 93.3 Å². The Hall–Kier alpha value is -2.22. The molecule has 0 aliphatic rings. The second-order valence-electron chi connectivity index (χ2n) is 3.49. The highest BCUT2D eigenvalue weighted by molar-refractivity contribution is 5.26. The van der Waals surface area contributed by atoms with Gasteiger partial charge in [-0.05, 0) is 16.0 Å². The summed E-state index contributed by atoms with van der Waals surface area (Å²) in [6.45, 7) is 0. The maximum absolute atomic E-state index is 8.86. The van der Waals surface area contributed by atoms with Crippen LogP contribution in [0.15, 0.2) is 30.3 Å². The maximum Gasteiger partial charge on any atom is 0.159 e. The van der Waals surface area contributed by atoms with E-state index in [1.807, 2.05) is 30.3 Å². The number of nitrogens with zero attached hydrogens (tertiary/aromatic N) is 5. The molecule has 5 nitrogen and oxygen atoms in total. The van der Waals surface area contributed by atoms with Crippen molar-refractivity contribution in [2.24, 2.45) is 7.05 Å². The molecule has 1 heterocycles. The molecule has 0 radical (unpaired) electrons. The molecule has 1 unspecified atom stereocenters. The largest absolute Gasteiger partial charge is 0.232 e. The highest BCUT2D eigenvalue weighted by Crippen LogP contribution is 2.24. The van der Waals surface area contributed by atoms with Gasteiger partial charge in [-0.25, -0.2) is 4.68 Å². The van der Waals surface area contributed by atoms with Crippen molar-refractivity contribution in [2.45, 2.75) is 12.3 Å². The molecule has 1 aromatic carbocycles. The van der Waals surface area contributed by atoms with Crippen molar-refractivity contribution >= 4 is 0 Å². The quantitative estimate of drug-likeness (QED) is 0.769. The monoisotopic (exact) mass is 213 g/mol. The van der Waals surface area contributed by atoms with Crippen LogP contribution >= 0.6 is 0 Å². The van der Waals surface area contributed by atoms with E-state index in [0.29, 0.717) is 12.2 Å². The molecule has 0 amide bonds. The van der Waals surface area contributed by atoms with Gasteiger partial charge in [0, 0.05) is 13.5 Å². The summed E-state index contributed by atoms with van der Waals surface area (Å²) in [4.78, 5) is 0. The lowest BCUT2D eigenvalue weighted by atomic mass is 9.95. The summed E-state index contributed by atoms with van der Waals surface area (Å²) in [5, 5.41) is 20.2. The minimum absolute atomic E-state index is 0.0637. The molecule has 0 aliphatic heterocycles. The minimum Gasteiger partial charge on any atom is -0.232 e. The van der Waals surface area contributed by atoms with Gasteiger partial charge in [0.1, 0.15) is 0 Å². The fraction of sp³-hybridized carbons (Fsp3) is 0.273. The van der Waals surface area contributed by atoms with Crippen LogP contribution in [0.5, 0.6) is 0 Å². The van der Waals surface area contributed by atoms with Crippen LogP contribution in [-0.4, -0.2) is 20.2 Å². The van der Waals surface area contributed by atoms with E-state index < -0.39 is 0 Å². The van der Waals surface area contributed by atoms with E-state index in [-0.39, 0.29) is 5.92 Å². The zero-order valence-corrected chi connectivity index (χ0v) is 8.91. The van der Waals surface area contributed by atoms with Gasteiger partial charge in [-0.2, -0.15) is 5.26 Å². The minimum atomic E-state index is -0.0637. The van der Waals surface area contributed by atoms with Crippen LogP contribution in [0.2, 0.25) is 0 Å². The smallest absolute Gasteiger partial charge is 0.159 e. The predicted molar refractivity (Wildman–Crippen MR) is 57.3 cm³/mol. The van der Waals surface area contributed by atoms with Crippen LogP contribution in [0.25, 0.3) is 0 Å². The summed E-state index contributed by atoms with van der Waals surface area (Å²) < 4.78 is 1.61. The molecule has 0 N–H and O–H groups in total. The van der Waals surface area contributed by atoms with Crippen LogP contribution in [0.1, 0.15) is 23.7 Å². The number of rotatable bonds is 3. The predicted octanol–water partition coefficient (Wildman–Crippen LogP) is 1.26. The summed E-state index contributed by atoms with van der Waals surface area (Å²) in [6.07, 6.45) is 0.373. The Morgan fingerprint density at radius 2 is 2.12 bits per heavy atom. The maximum atomic E-state index is 8.86. The van der Waals surface area contributed by atoms with E-state index in [0.717, 1.165) is 5.56 Å². The number of hydrogen-bond donors (Lipinski definition) is 0. The fourth-order valence-electron chi connectivity index (χ4n) is 1.67. The number of benzene rings is 1. The first kappa shape index (κ1) is 10.3. The third kappa shape index (κ3) is 1.91. The average Bonchev–Trinajstić information content (AvgIpc) is 2.73. The fourth-order valence-corrected chi connectivity index (χ4v) is 1.67. The zero-order chi connectivity index (χ0) is 11.4. The van der Waals surface area contributed by atoms with Gasteiger partial charge < -0.3 is 0 Å². The molecule has 2 aromatic rings. The van der Waals surface area contributed by atoms with Crippen molar-refractivity contribution in [1.82, 2.24) is 20.2 Å². The molecule has 2 rings (SSSR count). The molecule has 0 spiro atoms. The lowest BCUT2D eigenvalue weighted by molar-refractivity contribution is 0.643. The van der Waals surface area contributed by atoms with Crippen molar-refractivity contribution < 1.29 is 0 Å². The SMILES string of the molecule is Cn1nnnc1C(CC#N)c1ccccc1. The van der Waals surface area contributed by atoms with Gasteiger partial charge in [0.15, 0.2) is 5.82 Å². The Bertz CT molecular complexity index is 497. The normalized spacial score (nSPS) is 12.0. The third-order valence-corrected chi connectivity index (χ3v) is 2.46. The van der Waals surface area contributed by atoms with E-state index >= 15 is 0 Å². The Morgan fingerprint density at radius 3 is 2.69 bits per heavy atom. The Morgan fingerprint density at radius 1 is 1.38 bits per heavy atom. The van der Waals surface area contributed by atoms with E-state index in [1.165, 1.54) is 0 Å². The molecule has 0 saturated carbocycles. The van der Waals surface area contributed by atoms with Crippen LogP contribution < -0.4 is 0 Å². The van der Waals surface area contributed by atoms with Crippen LogP contribution in [0.3, 0.4) is 0 Å². The molecular formula is C11H11N5. The number of nitriles is 1. The molecular weight excluding hydrogens is 202 g/mol. The van der Waals surface area contributed by atoms with Gasteiger partial charge in [0.05, 0.1) is 12.0 Å². The Kier molecular flexibility index (Phi) is 2.92. The molecule has 5 heteroatoms. The summed E-state index contributed by atoms with van der Waals surface area (Å²) in [7, 11) is 1.78. The number of aromatic nitrogens is 4. The molecule has 0 fully saturated rings. The van der Waals surface area contributed by atoms with Gasteiger partial charge >= 0.3 is 0 Å². The van der Waals surface area contributed by atoms with Gasteiger partial charge in [-0.1, -0.05) is 30.3 Å². The Balaban J connectivity index is 2.40. The van der Waals surface area contributed by atoms with Crippen LogP contribution in [-0.2, 0) is 7.05 Å². The average molecular weight is 213 g/mol. The molecule has 0 bridgehead atoms. The number of aryl methyl sites for hydroxylation is 1. The highest BCUT2D eigenvalue weighted by Gasteiger charge is 2.19. The van der Waals surface area contributed by atoms with E-state index in [1.54, 1.807) is 11.7 Å². The molecule has 1 atom stereocenters. The zero-order valence-electron chi connectivity index (χ0n) is 8.91. The highest BCUT2D eigenvalue weighted by atomic mass is 15.5. The van der Waals surface area contributed by atoms with Crippen molar-refractivity contribution in [2.75, 3.05) is 0 Å². The topological polar surface area (TPSA) is 67.4 Å². The van der Waals surface area contributed by atoms with E-state index in [2.05, 4.69) is 21.6 Å². The second kappa shape index (κ2) is 4.53. The number of tetrazole rings is 1. The molecule has 0 saturated heterocycles. The standard InChI is InChI=1S/C11H11N5/c1-16-11(13-14-15-16)10(7-8-12)9-5-3-2-4-6-9/h2-6,10H,7H2,1H3. The van der Waals surface area contributed by atoms with Crippen LogP contribution in [0.4, 0.5) is 0 Å². The summed E-state index contributed by atoms with van der Waals surface area (Å²) in [5.74, 6) is 0.652. The second-order valence-corrected chi connectivity index (χ2v) is 3.49. The lowest BCUT2D eigenvalue weighted by Crippen LogP contribution is -2.08. The van der Waals surface area contributed by atoms with Gasteiger partial charge in [0.2, 0.25) is 0 Å². The summed E-state index contributed by atoms with van der Waals surface area (Å²) in [6, 6.07) is 12.0. The van der Waals surface area contributed by atoms with Crippen molar-refractivity contribution in [3.8, 4) is 6.07 Å². The summed E-state index contributed by atoms with van der Waals surface area (Å²) in [5.41, 5.74) is 1.06. The first-order valence-electron chi connectivity index (χ1n) is 4.97. The first-order chi connectivity index (χ1) is 7.83. The summed E-state index contributed by atoms with van der Waals surface area (Å²) >= 11 is 0. The molecule has 0 aliphatic carbocycles. The molecule has 16 heavy (non-hydrogen) atoms.